The maximum atomic E-state index is 13.9. The number of halogens is 1. The molecule has 0 spiro atoms. The molecule has 7 amide bonds. The molecule has 17 heteroatoms. The molecule has 0 radical (unpaired) electrons. The molecule has 0 aliphatic carbocycles. The van der Waals surface area contributed by atoms with Gasteiger partial charge in [0.15, 0.2) is 0 Å². The third kappa shape index (κ3) is 9.73. The first-order valence-electron chi connectivity index (χ1n) is 20.9. The quantitative estimate of drug-likeness (QED) is 0.0764. The number of H-pyrrole nitrogens is 1. The Morgan fingerprint density at radius 3 is 2.41 bits per heavy atom. The minimum atomic E-state index is -1.03. The summed E-state index contributed by atoms with van der Waals surface area (Å²) in [5.41, 5.74) is 4.21. The molecule has 1 atom stereocenters. The van der Waals surface area contributed by atoms with Gasteiger partial charge in [0.2, 0.25) is 17.7 Å². The number of nitrogens with zero attached hydrogens (tertiary/aromatic N) is 3. The van der Waals surface area contributed by atoms with Crippen LogP contribution < -0.4 is 26.0 Å². The number of hydrogen-bond donors (Lipinski definition) is 5. The van der Waals surface area contributed by atoms with Crippen molar-refractivity contribution in [3.05, 3.63) is 81.4 Å². The van der Waals surface area contributed by atoms with Gasteiger partial charge in [-0.3, -0.25) is 48.7 Å². The minimum absolute atomic E-state index is 0.0112. The Labute approximate surface area is 352 Å². The van der Waals surface area contributed by atoms with Crippen molar-refractivity contribution >= 4 is 58.7 Å². The first-order chi connectivity index (χ1) is 29.4. The van der Waals surface area contributed by atoms with Crippen LogP contribution in [-0.2, 0) is 19.2 Å². The van der Waals surface area contributed by atoms with E-state index in [2.05, 4.69) is 36.1 Å². The number of aromatic nitrogens is 1. The highest BCUT2D eigenvalue weighted by molar-refractivity contribution is 6.35. The number of aromatic amines is 1. The van der Waals surface area contributed by atoms with E-state index in [1.165, 1.54) is 24.3 Å². The predicted octanol–water partition coefficient (Wildman–Crippen LogP) is 3.16. The highest BCUT2D eigenvalue weighted by Crippen LogP contribution is 2.35. The van der Waals surface area contributed by atoms with Gasteiger partial charge in [0.05, 0.1) is 35.4 Å². The smallest absolute Gasteiger partial charge is 0.266 e. The fourth-order valence-corrected chi connectivity index (χ4v) is 8.32. The molecule has 61 heavy (non-hydrogen) atoms. The van der Waals surface area contributed by atoms with Crippen molar-refractivity contribution in [1.29, 1.82) is 0 Å². The highest BCUT2D eigenvalue weighted by atomic mass is 19.1. The topological polar surface area (TPSA) is 202 Å². The lowest BCUT2D eigenvalue weighted by Gasteiger charge is -2.34. The van der Waals surface area contributed by atoms with Crippen molar-refractivity contribution in [3.8, 4) is 5.75 Å². The number of hydrogen-bond acceptors (Lipinski definition) is 10. The number of unbranched alkanes of at least 4 members (excludes halogenated alkanes) is 3. The Kier molecular flexibility index (Phi) is 13.4. The molecule has 4 aliphatic rings. The normalized spacial score (nSPS) is 18.6. The van der Waals surface area contributed by atoms with Crippen LogP contribution in [0.25, 0.3) is 11.6 Å². The van der Waals surface area contributed by atoms with Crippen molar-refractivity contribution in [3.63, 3.8) is 0 Å². The van der Waals surface area contributed by atoms with Gasteiger partial charge in [0.25, 0.3) is 23.6 Å². The highest BCUT2D eigenvalue weighted by Gasteiger charge is 2.46. The molecule has 7 rings (SSSR count). The Hall–Kier alpha value is -6.20. The number of carbonyl (C=O) groups excluding carboxylic acids is 7. The fraction of sp³-hybridized carbons (Fsp3) is 0.432. The van der Waals surface area contributed by atoms with Gasteiger partial charge < -0.3 is 30.6 Å². The third-order valence-electron chi connectivity index (χ3n) is 11.6. The van der Waals surface area contributed by atoms with Gasteiger partial charge in [-0.05, 0) is 88.0 Å². The van der Waals surface area contributed by atoms with Crippen LogP contribution in [0.4, 0.5) is 10.1 Å². The van der Waals surface area contributed by atoms with Crippen molar-refractivity contribution < 1.29 is 42.7 Å². The average molecular weight is 839 g/mol. The lowest BCUT2D eigenvalue weighted by atomic mass is 10.0. The minimum Gasteiger partial charge on any atom is -0.493 e. The number of ether oxygens (including phenoxy) is 1. The van der Waals surface area contributed by atoms with Crippen LogP contribution in [0, 0.1) is 19.7 Å². The zero-order chi connectivity index (χ0) is 43.2. The predicted molar refractivity (Wildman–Crippen MR) is 223 cm³/mol. The number of benzene rings is 2. The molecule has 5 heterocycles. The first kappa shape index (κ1) is 42.9. The lowest BCUT2D eigenvalue weighted by molar-refractivity contribution is -0.136. The summed E-state index contributed by atoms with van der Waals surface area (Å²) in [7, 11) is 0. The molecule has 322 valence electrons. The van der Waals surface area contributed by atoms with E-state index in [4.69, 9.17) is 4.74 Å². The average Bonchev–Trinajstić information content (AvgIpc) is 3.80. The largest absolute Gasteiger partial charge is 0.493 e. The zero-order valence-corrected chi connectivity index (χ0v) is 34.4. The van der Waals surface area contributed by atoms with Crippen molar-refractivity contribution in [1.82, 2.24) is 35.6 Å². The van der Waals surface area contributed by atoms with Crippen LogP contribution in [0.1, 0.15) is 98.5 Å². The second-order valence-electron chi connectivity index (χ2n) is 15.8. The second-order valence-corrected chi connectivity index (χ2v) is 15.8. The van der Waals surface area contributed by atoms with Crippen molar-refractivity contribution in [2.75, 3.05) is 64.3 Å². The summed E-state index contributed by atoms with van der Waals surface area (Å²) >= 11 is 0. The summed E-state index contributed by atoms with van der Waals surface area (Å²) in [5, 5.41) is 11.0. The van der Waals surface area contributed by atoms with E-state index in [0.717, 1.165) is 63.3 Å². The molecule has 1 aromatic heterocycles. The van der Waals surface area contributed by atoms with Crippen LogP contribution in [-0.4, -0.2) is 126 Å². The molecular weight excluding hydrogens is 788 g/mol. The maximum Gasteiger partial charge on any atom is 0.266 e. The molecule has 0 bridgehead atoms. The monoisotopic (exact) mass is 838 g/mol. The molecule has 4 aliphatic heterocycles. The SMILES string of the molecule is Cc1[nH]c(/C=C2\C(=O)Nc3ccc(F)cc32)c(C)c1C(=O)NCCCN1CCN(CC(=O)NCCCCCCOc2cccc3c2C(=O)N(C2CCC(=O)NC2=O)C3=O)CC1. The third-order valence-corrected chi connectivity index (χ3v) is 11.6. The number of rotatable bonds is 17. The number of piperidine rings is 1. The van der Waals surface area contributed by atoms with Gasteiger partial charge in [0.1, 0.15) is 17.6 Å². The summed E-state index contributed by atoms with van der Waals surface area (Å²) in [4.78, 5) is 97.2. The first-order valence-corrected chi connectivity index (χ1v) is 20.9. The van der Waals surface area contributed by atoms with E-state index in [1.54, 1.807) is 18.2 Å². The fourth-order valence-electron chi connectivity index (χ4n) is 8.32. The number of carbonyl (C=O) groups is 7. The van der Waals surface area contributed by atoms with E-state index >= 15 is 0 Å². The van der Waals surface area contributed by atoms with Gasteiger partial charge >= 0.3 is 0 Å². The molecule has 2 fully saturated rings. The Morgan fingerprint density at radius 2 is 1.62 bits per heavy atom. The van der Waals surface area contributed by atoms with E-state index in [-0.39, 0.29) is 47.4 Å². The van der Waals surface area contributed by atoms with Gasteiger partial charge in [0, 0.05) is 68.3 Å². The number of fused-ring (bicyclic) bond motifs is 2. The summed E-state index contributed by atoms with van der Waals surface area (Å²) in [5.74, 6) is -2.94. The van der Waals surface area contributed by atoms with Crippen LogP contribution in [0.3, 0.4) is 0 Å². The standard InChI is InChI=1S/C44H51FN8O8/c1-26-33(24-31-30-23-28(45)11-12-32(30)49-40(31)56)48-27(2)38(26)42(58)47-16-8-17-51-18-20-52(21-19-51)25-37(55)46-15-5-3-4-6-22-61-35-10-7-9-29-39(35)44(60)53(43(29)59)34-13-14-36(54)50-41(34)57/h7,9-12,23-24,34,48H,3-6,8,13-22,25H2,1-2H3,(H,46,55)(H,47,58)(H,49,56)(H,50,54,57)/b31-24-. The van der Waals surface area contributed by atoms with E-state index < -0.39 is 35.5 Å². The zero-order valence-electron chi connectivity index (χ0n) is 34.4. The number of aryl methyl sites for hydroxylation is 1. The van der Waals surface area contributed by atoms with E-state index in [1.807, 2.05) is 13.8 Å². The van der Waals surface area contributed by atoms with Gasteiger partial charge in [-0.25, -0.2) is 4.39 Å². The number of amides is 7. The Morgan fingerprint density at radius 1 is 0.869 bits per heavy atom. The van der Waals surface area contributed by atoms with Gasteiger partial charge in [-0.15, -0.1) is 0 Å². The van der Waals surface area contributed by atoms with Crippen LogP contribution in [0.5, 0.6) is 5.75 Å². The van der Waals surface area contributed by atoms with Crippen molar-refractivity contribution in [2.24, 2.45) is 0 Å². The van der Waals surface area contributed by atoms with Gasteiger partial charge in [-0.1, -0.05) is 18.9 Å². The summed E-state index contributed by atoms with van der Waals surface area (Å²) in [6.45, 7) is 9.37. The number of anilines is 1. The van der Waals surface area contributed by atoms with E-state index in [9.17, 15) is 38.0 Å². The van der Waals surface area contributed by atoms with Crippen LogP contribution >= 0.6 is 0 Å². The van der Waals surface area contributed by atoms with Crippen LogP contribution in [0.15, 0.2) is 36.4 Å². The maximum absolute atomic E-state index is 13.9. The summed E-state index contributed by atoms with van der Waals surface area (Å²) < 4.78 is 19.8. The molecule has 3 aromatic rings. The molecule has 16 nitrogen and oxygen atoms in total. The molecule has 0 saturated carbocycles. The Balaban J connectivity index is 0.739. The molecule has 5 N–H and O–H groups in total. The van der Waals surface area contributed by atoms with E-state index in [0.29, 0.717) is 72.0 Å². The van der Waals surface area contributed by atoms with Crippen molar-refractivity contribution in [2.45, 2.75) is 64.8 Å². The number of imide groups is 2. The number of piperazine rings is 1. The molecule has 2 saturated heterocycles. The summed E-state index contributed by atoms with van der Waals surface area (Å²) in [6, 6.07) is 7.91. The molecule has 1 unspecified atom stereocenters. The summed E-state index contributed by atoms with van der Waals surface area (Å²) in [6.07, 6.45) is 5.80. The number of nitrogens with one attached hydrogen (secondary N) is 5. The molecular formula is C44H51FN8O8. The lowest BCUT2D eigenvalue weighted by Crippen LogP contribution is -2.54. The second kappa shape index (κ2) is 19.0. The van der Waals surface area contributed by atoms with Crippen LogP contribution in [0.2, 0.25) is 0 Å². The molecule has 2 aromatic carbocycles. The van der Waals surface area contributed by atoms with Gasteiger partial charge in [-0.2, -0.15) is 0 Å². The Bertz CT molecular complexity index is 2280.